The highest BCUT2D eigenvalue weighted by molar-refractivity contribution is 9.10. The topological polar surface area (TPSA) is 77.7 Å². The van der Waals surface area contributed by atoms with Crippen LogP contribution in [0.4, 0.5) is 14.9 Å². The second-order valence-electron chi connectivity index (χ2n) is 8.88. The lowest BCUT2D eigenvalue weighted by atomic mass is 10.1. The van der Waals surface area contributed by atoms with E-state index in [1.807, 2.05) is 48.7 Å². The molecule has 2 N–H and O–H groups in total. The van der Waals surface area contributed by atoms with Gasteiger partial charge in [-0.2, -0.15) is 0 Å². The molecule has 0 aliphatic rings. The average Bonchev–Trinajstić information content (AvgIpc) is 3.34. The Kier molecular flexibility index (Phi) is 9.51. The Balaban J connectivity index is 1.51. The number of aromatic nitrogens is 1. The van der Waals surface area contributed by atoms with Gasteiger partial charge in [-0.3, -0.25) is 4.79 Å². The number of aromatic amines is 1. The number of carbonyl (C=O) groups is 2. The third-order valence-corrected chi connectivity index (χ3v) is 6.95. The Hall–Kier alpha value is -3.69. The van der Waals surface area contributed by atoms with E-state index < -0.39 is 6.03 Å². The Morgan fingerprint density at radius 3 is 2.47 bits per heavy atom. The Labute approximate surface area is 229 Å². The quantitative estimate of drug-likeness (QED) is 0.234. The van der Waals surface area contributed by atoms with Crippen LogP contribution in [0, 0.1) is 5.82 Å². The highest BCUT2D eigenvalue weighted by Gasteiger charge is 2.22. The molecule has 3 amide bonds. The molecule has 0 aliphatic heterocycles. The monoisotopic (exact) mass is 580 g/mol. The van der Waals surface area contributed by atoms with Crippen molar-refractivity contribution < 1.29 is 18.7 Å². The molecular weight excluding hydrogens is 551 g/mol. The fourth-order valence-corrected chi connectivity index (χ4v) is 4.55. The van der Waals surface area contributed by atoms with E-state index in [9.17, 15) is 14.0 Å². The molecule has 38 heavy (non-hydrogen) atoms. The Morgan fingerprint density at radius 2 is 1.71 bits per heavy atom. The fourth-order valence-electron chi connectivity index (χ4n) is 4.17. The molecule has 0 aliphatic carbocycles. The van der Waals surface area contributed by atoms with Gasteiger partial charge in [0, 0.05) is 48.3 Å². The summed E-state index contributed by atoms with van der Waals surface area (Å²) < 4.78 is 19.4. The van der Waals surface area contributed by atoms with Crippen molar-refractivity contribution in [1.29, 1.82) is 0 Å². The molecule has 0 fully saturated rings. The first kappa shape index (κ1) is 27.3. The number of nitrogens with zero attached hydrogens (tertiary/aromatic N) is 2. The maximum absolute atomic E-state index is 13.6. The number of halogens is 2. The minimum absolute atomic E-state index is 0.130. The maximum atomic E-state index is 13.6. The van der Waals surface area contributed by atoms with Crippen molar-refractivity contribution in [3.05, 3.63) is 100 Å². The summed E-state index contributed by atoms with van der Waals surface area (Å²) in [5.74, 6) is -0.549. The SMILES string of the molecule is COCCN(CC(=O)N(CCc1c[nH]c2ccccc12)Cc1ccc(F)cc1)C(=O)Nc1ccccc1Br. The van der Waals surface area contributed by atoms with Gasteiger partial charge in [0.25, 0.3) is 0 Å². The number of ether oxygens (including phenoxy) is 1. The number of hydrogen-bond donors (Lipinski definition) is 2. The van der Waals surface area contributed by atoms with E-state index in [4.69, 9.17) is 4.74 Å². The Morgan fingerprint density at radius 1 is 0.974 bits per heavy atom. The first-order chi connectivity index (χ1) is 18.4. The number of para-hydroxylation sites is 2. The molecule has 0 spiro atoms. The van der Waals surface area contributed by atoms with Crippen molar-refractivity contribution in [3.8, 4) is 0 Å². The zero-order chi connectivity index (χ0) is 26.9. The number of carbonyl (C=O) groups excluding carboxylic acids is 2. The maximum Gasteiger partial charge on any atom is 0.322 e. The highest BCUT2D eigenvalue weighted by atomic mass is 79.9. The van der Waals surface area contributed by atoms with Crippen molar-refractivity contribution in [2.75, 3.05) is 38.7 Å². The van der Waals surface area contributed by atoms with Gasteiger partial charge in [-0.25, -0.2) is 9.18 Å². The minimum atomic E-state index is -0.402. The number of H-pyrrole nitrogens is 1. The number of nitrogens with one attached hydrogen (secondary N) is 2. The van der Waals surface area contributed by atoms with E-state index in [-0.39, 0.29) is 31.4 Å². The number of anilines is 1. The van der Waals surface area contributed by atoms with E-state index in [2.05, 4.69) is 26.2 Å². The van der Waals surface area contributed by atoms with E-state index in [0.29, 0.717) is 25.2 Å². The standard InChI is InChI=1S/C29H30BrFN4O3/c1-38-17-16-35(29(37)33-27-9-5-3-7-25(27)30)20-28(36)34(19-21-10-12-23(31)13-11-21)15-14-22-18-32-26-8-4-2-6-24(22)26/h2-13,18,32H,14-17,19-20H2,1H3,(H,33,37). The summed E-state index contributed by atoms with van der Waals surface area (Å²) in [7, 11) is 1.55. The number of benzene rings is 3. The molecule has 0 bridgehead atoms. The van der Waals surface area contributed by atoms with Gasteiger partial charge in [0.2, 0.25) is 5.91 Å². The van der Waals surface area contributed by atoms with Gasteiger partial charge < -0.3 is 24.8 Å². The number of fused-ring (bicyclic) bond motifs is 1. The van der Waals surface area contributed by atoms with Crippen LogP contribution in [0.1, 0.15) is 11.1 Å². The molecule has 198 valence electrons. The van der Waals surface area contributed by atoms with Crippen molar-refractivity contribution in [2.24, 2.45) is 0 Å². The van der Waals surface area contributed by atoms with E-state index in [1.165, 1.54) is 17.0 Å². The molecule has 0 unspecified atom stereocenters. The van der Waals surface area contributed by atoms with Crippen LogP contribution in [0.5, 0.6) is 0 Å². The molecular formula is C29H30BrFN4O3. The molecule has 0 saturated carbocycles. The predicted octanol–water partition coefficient (Wildman–Crippen LogP) is 5.82. The number of amides is 3. The lowest BCUT2D eigenvalue weighted by Gasteiger charge is -2.28. The lowest BCUT2D eigenvalue weighted by Crippen LogP contribution is -2.46. The number of methoxy groups -OCH3 is 1. The molecule has 0 atom stereocenters. The summed E-state index contributed by atoms with van der Waals surface area (Å²) in [5.41, 5.74) is 3.54. The molecule has 1 heterocycles. The molecule has 3 aromatic carbocycles. The van der Waals surface area contributed by atoms with Crippen LogP contribution in [0.15, 0.2) is 83.5 Å². The van der Waals surface area contributed by atoms with Crippen LogP contribution in [-0.4, -0.2) is 60.1 Å². The van der Waals surface area contributed by atoms with Crippen molar-refractivity contribution in [3.63, 3.8) is 0 Å². The van der Waals surface area contributed by atoms with Gasteiger partial charge in [-0.15, -0.1) is 0 Å². The van der Waals surface area contributed by atoms with E-state index >= 15 is 0 Å². The van der Waals surface area contributed by atoms with Crippen LogP contribution in [0.25, 0.3) is 10.9 Å². The van der Waals surface area contributed by atoms with Gasteiger partial charge in [0.15, 0.2) is 0 Å². The minimum Gasteiger partial charge on any atom is -0.383 e. The smallest absolute Gasteiger partial charge is 0.322 e. The van der Waals surface area contributed by atoms with Crippen LogP contribution in [0.3, 0.4) is 0 Å². The normalized spacial score (nSPS) is 10.9. The number of rotatable bonds is 11. The van der Waals surface area contributed by atoms with Crippen LogP contribution in [-0.2, 0) is 22.5 Å². The summed E-state index contributed by atoms with van der Waals surface area (Å²) in [5, 5.41) is 3.97. The lowest BCUT2D eigenvalue weighted by molar-refractivity contribution is -0.132. The third kappa shape index (κ3) is 7.20. The van der Waals surface area contributed by atoms with Gasteiger partial charge in [-0.05, 0) is 63.8 Å². The summed E-state index contributed by atoms with van der Waals surface area (Å²) in [4.78, 5) is 33.2. The van der Waals surface area contributed by atoms with Gasteiger partial charge in [0.05, 0.1) is 12.3 Å². The predicted molar refractivity (Wildman–Crippen MR) is 150 cm³/mol. The van der Waals surface area contributed by atoms with Crippen molar-refractivity contribution >= 4 is 44.5 Å². The average molecular weight is 581 g/mol. The largest absolute Gasteiger partial charge is 0.383 e. The highest BCUT2D eigenvalue weighted by Crippen LogP contribution is 2.22. The molecule has 7 nitrogen and oxygen atoms in total. The third-order valence-electron chi connectivity index (χ3n) is 6.26. The first-order valence-electron chi connectivity index (χ1n) is 12.3. The van der Waals surface area contributed by atoms with E-state index in [1.54, 1.807) is 30.2 Å². The first-order valence-corrected chi connectivity index (χ1v) is 13.1. The molecule has 0 radical (unpaired) electrons. The summed E-state index contributed by atoms with van der Waals surface area (Å²) in [6, 6.07) is 21.0. The molecule has 0 saturated heterocycles. The molecule has 1 aromatic heterocycles. The number of hydrogen-bond acceptors (Lipinski definition) is 3. The van der Waals surface area contributed by atoms with Gasteiger partial charge >= 0.3 is 6.03 Å². The molecule has 4 aromatic rings. The van der Waals surface area contributed by atoms with Gasteiger partial charge in [0.1, 0.15) is 12.4 Å². The molecule has 4 rings (SSSR count). The van der Waals surface area contributed by atoms with Gasteiger partial charge in [-0.1, -0.05) is 42.5 Å². The second-order valence-corrected chi connectivity index (χ2v) is 9.73. The second kappa shape index (κ2) is 13.2. The van der Waals surface area contributed by atoms with Crippen molar-refractivity contribution in [1.82, 2.24) is 14.8 Å². The number of urea groups is 1. The van der Waals surface area contributed by atoms with Crippen molar-refractivity contribution in [2.45, 2.75) is 13.0 Å². The summed E-state index contributed by atoms with van der Waals surface area (Å²) in [6.45, 7) is 1.12. The van der Waals surface area contributed by atoms with E-state index in [0.717, 1.165) is 26.5 Å². The van der Waals surface area contributed by atoms with Crippen LogP contribution in [0.2, 0.25) is 0 Å². The fraction of sp³-hybridized carbons (Fsp3) is 0.241. The van der Waals surface area contributed by atoms with Crippen LogP contribution >= 0.6 is 15.9 Å². The Bertz CT molecular complexity index is 1380. The van der Waals surface area contributed by atoms with Crippen LogP contribution < -0.4 is 5.32 Å². The summed E-state index contributed by atoms with van der Waals surface area (Å²) in [6.07, 6.45) is 2.58. The zero-order valence-corrected chi connectivity index (χ0v) is 22.7. The molecule has 9 heteroatoms. The summed E-state index contributed by atoms with van der Waals surface area (Å²) >= 11 is 3.44. The zero-order valence-electron chi connectivity index (χ0n) is 21.1.